The van der Waals surface area contributed by atoms with Gasteiger partial charge in [-0.25, -0.2) is 4.21 Å². The Morgan fingerprint density at radius 1 is 1.43 bits per heavy atom. The average Bonchev–Trinajstić information content (AvgIpc) is 2.18. The van der Waals surface area contributed by atoms with Crippen LogP contribution in [0.1, 0.15) is 6.92 Å². The van der Waals surface area contributed by atoms with E-state index in [0.717, 1.165) is 0 Å². The first-order valence-electron chi connectivity index (χ1n) is 3.97. The molecule has 1 N–H and O–H groups in total. The van der Waals surface area contributed by atoms with Crippen molar-refractivity contribution in [3.05, 3.63) is 30.3 Å². The third-order valence-corrected chi connectivity index (χ3v) is 2.39. The fraction of sp³-hybridized carbons (Fsp3) is 0.222. The van der Waals surface area contributed by atoms with E-state index in [2.05, 4.69) is 0 Å². The molecular formula is C9H10O4S. The van der Waals surface area contributed by atoms with Crippen molar-refractivity contribution in [3.63, 3.8) is 0 Å². The van der Waals surface area contributed by atoms with Crippen LogP contribution in [0.5, 0.6) is 5.75 Å². The van der Waals surface area contributed by atoms with E-state index in [9.17, 15) is 9.00 Å². The number of esters is 1. The first-order chi connectivity index (χ1) is 6.61. The summed E-state index contributed by atoms with van der Waals surface area (Å²) < 4.78 is 24.0. The van der Waals surface area contributed by atoms with Gasteiger partial charge < -0.3 is 9.29 Å². The molecular weight excluding hydrogens is 204 g/mol. The van der Waals surface area contributed by atoms with Gasteiger partial charge in [0, 0.05) is 0 Å². The molecule has 0 saturated heterocycles. The summed E-state index contributed by atoms with van der Waals surface area (Å²) in [5.74, 6) is -0.341. The van der Waals surface area contributed by atoms with Gasteiger partial charge in [0.15, 0.2) is 16.3 Å². The van der Waals surface area contributed by atoms with Crippen molar-refractivity contribution in [2.45, 2.75) is 12.2 Å². The highest BCUT2D eigenvalue weighted by Crippen LogP contribution is 2.10. The van der Waals surface area contributed by atoms with Gasteiger partial charge in [-0.1, -0.05) is 18.2 Å². The lowest BCUT2D eigenvalue weighted by Crippen LogP contribution is -2.26. The SMILES string of the molecule is CC(C(=O)Oc1ccccc1)S(=O)O. The van der Waals surface area contributed by atoms with Gasteiger partial charge in [0.2, 0.25) is 0 Å². The molecule has 14 heavy (non-hydrogen) atoms. The molecule has 5 heteroatoms. The van der Waals surface area contributed by atoms with Crippen LogP contribution in [0.15, 0.2) is 30.3 Å². The van der Waals surface area contributed by atoms with Crippen molar-refractivity contribution in [1.82, 2.24) is 0 Å². The van der Waals surface area contributed by atoms with E-state index in [0.29, 0.717) is 5.75 Å². The van der Waals surface area contributed by atoms with E-state index >= 15 is 0 Å². The number of carbonyl (C=O) groups excluding carboxylic acids is 1. The predicted molar refractivity (Wildman–Crippen MR) is 52.3 cm³/mol. The molecule has 1 aromatic rings. The van der Waals surface area contributed by atoms with Gasteiger partial charge in [-0.15, -0.1) is 0 Å². The zero-order valence-electron chi connectivity index (χ0n) is 7.54. The lowest BCUT2D eigenvalue weighted by Gasteiger charge is -2.06. The van der Waals surface area contributed by atoms with Gasteiger partial charge in [-0.3, -0.25) is 4.79 Å². The zero-order chi connectivity index (χ0) is 10.6. The van der Waals surface area contributed by atoms with E-state index in [1.807, 2.05) is 0 Å². The summed E-state index contributed by atoms with van der Waals surface area (Å²) in [5, 5.41) is -1.03. The number of rotatable bonds is 3. The molecule has 0 bridgehead atoms. The second kappa shape index (κ2) is 4.88. The minimum Gasteiger partial charge on any atom is -0.426 e. The molecule has 0 heterocycles. The Labute approximate surface area is 84.2 Å². The highest BCUT2D eigenvalue weighted by Gasteiger charge is 2.20. The van der Waals surface area contributed by atoms with E-state index in [4.69, 9.17) is 9.29 Å². The lowest BCUT2D eigenvalue weighted by atomic mass is 10.3. The summed E-state index contributed by atoms with van der Waals surface area (Å²) in [4.78, 5) is 11.2. The Hall–Kier alpha value is -1.20. The Balaban J connectivity index is 2.62. The molecule has 1 rings (SSSR count). The van der Waals surface area contributed by atoms with Crippen LogP contribution >= 0.6 is 0 Å². The van der Waals surface area contributed by atoms with Gasteiger partial charge in [0.25, 0.3) is 0 Å². The van der Waals surface area contributed by atoms with Crippen molar-refractivity contribution in [3.8, 4) is 5.75 Å². The van der Waals surface area contributed by atoms with Crippen molar-refractivity contribution >= 4 is 17.0 Å². The van der Waals surface area contributed by atoms with Gasteiger partial charge in [-0.2, -0.15) is 0 Å². The van der Waals surface area contributed by atoms with Crippen LogP contribution in [-0.2, 0) is 15.9 Å². The van der Waals surface area contributed by atoms with Crippen molar-refractivity contribution in [2.75, 3.05) is 0 Å². The minimum atomic E-state index is -2.19. The third-order valence-electron chi connectivity index (χ3n) is 1.60. The first kappa shape index (κ1) is 10.9. The third kappa shape index (κ3) is 2.93. The maximum absolute atomic E-state index is 11.2. The largest absolute Gasteiger partial charge is 0.426 e. The zero-order valence-corrected chi connectivity index (χ0v) is 8.36. The van der Waals surface area contributed by atoms with Crippen LogP contribution in [0.3, 0.4) is 0 Å². The van der Waals surface area contributed by atoms with Crippen molar-refractivity contribution in [2.24, 2.45) is 0 Å². The predicted octanol–water partition coefficient (Wildman–Crippen LogP) is 1.20. The molecule has 76 valence electrons. The van der Waals surface area contributed by atoms with Gasteiger partial charge in [0.1, 0.15) is 5.75 Å². The van der Waals surface area contributed by atoms with Crippen molar-refractivity contribution < 1.29 is 18.3 Å². The van der Waals surface area contributed by atoms with Crippen LogP contribution < -0.4 is 4.74 Å². The molecule has 1 aromatic carbocycles. The molecule has 0 aliphatic rings. The first-order valence-corrected chi connectivity index (χ1v) is 5.14. The molecule has 0 amide bonds. The second-order valence-electron chi connectivity index (χ2n) is 2.65. The molecule has 4 nitrogen and oxygen atoms in total. The molecule has 2 unspecified atom stereocenters. The lowest BCUT2D eigenvalue weighted by molar-refractivity contribution is -0.133. The molecule has 0 aliphatic heterocycles. The topological polar surface area (TPSA) is 63.6 Å². The van der Waals surface area contributed by atoms with Crippen LogP contribution in [0, 0.1) is 0 Å². The van der Waals surface area contributed by atoms with Crippen LogP contribution in [0.4, 0.5) is 0 Å². The summed E-state index contributed by atoms with van der Waals surface area (Å²) >= 11 is -2.19. The number of carbonyl (C=O) groups is 1. The minimum absolute atomic E-state index is 0.370. The number of benzene rings is 1. The molecule has 0 spiro atoms. The summed E-state index contributed by atoms with van der Waals surface area (Å²) in [6, 6.07) is 8.41. The Morgan fingerprint density at radius 2 is 2.00 bits per heavy atom. The highest BCUT2D eigenvalue weighted by atomic mass is 32.2. The highest BCUT2D eigenvalue weighted by molar-refractivity contribution is 7.80. The Bertz CT molecular complexity index is 336. The fourth-order valence-electron chi connectivity index (χ4n) is 0.770. The van der Waals surface area contributed by atoms with Crippen molar-refractivity contribution in [1.29, 1.82) is 0 Å². The quantitative estimate of drug-likeness (QED) is 0.466. The molecule has 0 saturated carbocycles. The van der Waals surface area contributed by atoms with Gasteiger partial charge in [-0.05, 0) is 19.1 Å². The van der Waals surface area contributed by atoms with Crippen LogP contribution in [-0.4, -0.2) is 20.0 Å². The number of ether oxygens (including phenoxy) is 1. The number of hydrogen-bond donors (Lipinski definition) is 1. The number of para-hydroxylation sites is 1. The van der Waals surface area contributed by atoms with Gasteiger partial charge in [0.05, 0.1) is 0 Å². The van der Waals surface area contributed by atoms with Crippen LogP contribution in [0.2, 0.25) is 0 Å². The van der Waals surface area contributed by atoms with E-state index in [-0.39, 0.29) is 0 Å². The summed E-state index contributed by atoms with van der Waals surface area (Å²) in [6.07, 6.45) is 0. The maximum atomic E-state index is 11.2. The summed E-state index contributed by atoms with van der Waals surface area (Å²) in [6.45, 7) is 1.33. The smallest absolute Gasteiger partial charge is 0.329 e. The standard InChI is InChI=1S/C9H10O4S/c1-7(14(11)12)9(10)13-8-5-3-2-4-6-8/h2-7H,1H3,(H,11,12). The molecule has 0 aliphatic carbocycles. The van der Waals surface area contributed by atoms with E-state index in [1.54, 1.807) is 30.3 Å². The molecule has 0 aromatic heterocycles. The van der Waals surface area contributed by atoms with Crippen LogP contribution in [0.25, 0.3) is 0 Å². The average molecular weight is 214 g/mol. The molecule has 0 radical (unpaired) electrons. The molecule has 2 atom stereocenters. The monoisotopic (exact) mass is 214 g/mol. The Morgan fingerprint density at radius 3 is 2.50 bits per heavy atom. The summed E-state index contributed by atoms with van der Waals surface area (Å²) in [7, 11) is 0. The number of hydrogen-bond acceptors (Lipinski definition) is 3. The summed E-state index contributed by atoms with van der Waals surface area (Å²) in [5.41, 5.74) is 0. The second-order valence-corrected chi connectivity index (χ2v) is 3.91. The van der Waals surface area contributed by atoms with Gasteiger partial charge >= 0.3 is 5.97 Å². The Kier molecular flexibility index (Phi) is 3.79. The van der Waals surface area contributed by atoms with E-state index in [1.165, 1.54) is 6.92 Å². The van der Waals surface area contributed by atoms with E-state index < -0.39 is 22.3 Å². The fourth-order valence-corrected chi connectivity index (χ4v) is 0.983. The molecule has 0 fully saturated rings. The maximum Gasteiger partial charge on any atom is 0.329 e. The normalized spacial score (nSPS) is 14.4.